The zero-order valence-electron chi connectivity index (χ0n) is 9.54. The average Bonchev–Trinajstić information content (AvgIpc) is 2.62. The molecule has 1 heterocycles. The van der Waals surface area contributed by atoms with Crippen LogP contribution in [-0.4, -0.2) is 24.4 Å². The third kappa shape index (κ3) is 4.20. The first-order valence-corrected chi connectivity index (χ1v) is 5.87. The van der Waals surface area contributed by atoms with Gasteiger partial charge in [-0.25, -0.2) is 0 Å². The number of rotatable bonds is 6. The van der Waals surface area contributed by atoms with E-state index in [9.17, 15) is 0 Å². The Bertz CT molecular complexity index is 297. The van der Waals surface area contributed by atoms with E-state index in [1.807, 2.05) is 6.07 Å². The van der Waals surface area contributed by atoms with Gasteiger partial charge in [-0.15, -0.1) is 11.3 Å². The molecule has 0 fully saturated rings. The predicted octanol–water partition coefficient (Wildman–Crippen LogP) is 2.01. The summed E-state index contributed by atoms with van der Waals surface area (Å²) in [6.45, 7) is 5.22. The molecule has 0 aliphatic rings. The van der Waals surface area contributed by atoms with Crippen LogP contribution in [0.2, 0.25) is 0 Å². The number of nitrogens with one attached hydrogen (secondary N) is 1. The zero-order valence-corrected chi connectivity index (χ0v) is 10.4. The van der Waals surface area contributed by atoms with Crippen molar-refractivity contribution in [3.05, 3.63) is 17.0 Å². The van der Waals surface area contributed by atoms with Crippen molar-refractivity contribution in [1.29, 1.82) is 0 Å². The third-order valence-corrected chi connectivity index (χ3v) is 3.36. The van der Waals surface area contributed by atoms with Gasteiger partial charge in [-0.1, -0.05) is 0 Å². The van der Waals surface area contributed by atoms with Crippen molar-refractivity contribution in [3.63, 3.8) is 0 Å². The molecule has 86 valence electrons. The summed E-state index contributed by atoms with van der Waals surface area (Å²) in [6, 6.07) is 4.03. The first-order chi connectivity index (χ1) is 7.07. The first-order valence-electron chi connectivity index (χ1n) is 5.06. The largest absolute Gasteiger partial charge is 0.487 e. The number of ether oxygens (including phenoxy) is 1. The van der Waals surface area contributed by atoms with E-state index in [0.29, 0.717) is 0 Å². The van der Waals surface area contributed by atoms with Crippen LogP contribution in [0.3, 0.4) is 0 Å². The van der Waals surface area contributed by atoms with Gasteiger partial charge in [-0.05, 0) is 32.4 Å². The maximum Gasteiger partial charge on any atom is 0.173 e. The Kier molecular flexibility index (Phi) is 4.57. The van der Waals surface area contributed by atoms with Crippen molar-refractivity contribution < 1.29 is 9.84 Å². The number of aliphatic hydroxyl groups excluding tert-OH is 1. The lowest BCUT2D eigenvalue weighted by Gasteiger charge is -2.25. The van der Waals surface area contributed by atoms with Crippen LogP contribution in [0.1, 0.15) is 25.1 Å². The smallest absolute Gasteiger partial charge is 0.173 e. The summed E-state index contributed by atoms with van der Waals surface area (Å²) in [5.41, 5.74) is -0.0219. The highest BCUT2D eigenvalue weighted by atomic mass is 32.1. The van der Waals surface area contributed by atoms with Crippen molar-refractivity contribution >= 4 is 11.3 Å². The van der Waals surface area contributed by atoms with Crippen molar-refractivity contribution in [2.45, 2.75) is 32.4 Å². The fraction of sp³-hybridized carbons (Fsp3) is 0.636. The number of hydrogen-bond donors (Lipinski definition) is 2. The van der Waals surface area contributed by atoms with Gasteiger partial charge in [0.05, 0.1) is 7.11 Å². The Hall–Kier alpha value is -0.580. The lowest BCUT2D eigenvalue weighted by Crippen LogP contribution is -2.39. The van der Waals surface area contributed by atoms with Gasteiger partial charge in [0.2, 0.25) is 0 Å². The SMILES string of the molecule is COc1ccc(CNC(C)(C)CCO)s1. The zero-order chi connectivity index (χ0) is 11.3. The minimum absolute atomic E-state index is 0.0219. The van der Waals surface area contributed by atoms with E-state index < -0.39 is 0 Å². The highest BCUT2D eigenvalue weighted by molar-refractivity contribution is 7.13. The third-order valence-electron chi connectivity index (χ3n) is 2.32. The van der Waals surface area contributed by atoms with E-state index >= 15 is 0 Å². The van der Waals surface area contributed by atoms with Gasteiger partial charge < -0.3 is 15.2 Å². The minimum atomic E-state index is -0.0219. The summed E-state index contributed by atoms with van der Waals surface area (Å²) in [7, 11) is 1.68. The normalized spacial score (nSPS) is 11.7. The monoisotopic (exact) mass is 229 g/mol. The molecule has 0 saturated carbocycles. The molecule has 1 aromatic rings. The van der Waals surface area contributed by atoms with Gasteiger partial charge >= 0.3 is 0 Å². The predicted molar refractivity (Wildman–Crippen MR) is 63.5 cm³/mol. The summed E-state index contributed by atoms with van der Waals surface area (Å²) in [5, 5.41) is 13.2. The van der Waals surface area contributed by atoms with Crippen molar-refractivity contribution in [3.8, 4) is 5.06 Å². The van der Waals surface area contributed by atoms with Gasteiger partial charge in [0.15, 0.2) is 5.06 Å². The van der Waals surface area contributed by atoms with Crippen LogP contribution in [0, 0.1) is 0 Å². The standard InChI is InChI=1S/C11H19NO2S/c1-11(2,6-7-13)12-8-9-4-5-10(14-3)15-9/h4-5,12-13H,6-8H2,1-3H3. The highest BCUT2D eigenvalue weighted by Crippen LogP contribution is 2.24. The lowest BCUT2D eigenvalue weighted by molar-refractivity contribution is 0.230. The highest BCUT2D eigenvalue weighted by Gasteiger charge is 2.16. The van der Waals surface area contributed by atoms with E-state index in [1.54, 1.807) is 18.4 Å². The second-order valence-electron chi connectivity index (χ2n) is 4.14. The second kappa shape index (κ2) is 5.49. The number of hydrogen-bond acceptors (Lipinski definition) is 4. The molecule has 0 saturated heterocycles. The second-order valence-corrected chi connectivity index (χ2v) is 5.27. The van der Waals surface area contributed by atoms with Crippen LogP contribution in [0.5, 0.6) is 5.06 Å². The molecule has 0 aromatic carbocycles. The maximum absolute atomic E-state index is 8.88. The van der Waals surface area contributed by atoms with E-state index in [2.05, 4.69) is 25.2 Å². The Morgan fingerprint density at radius 1 is 1.47 bits per heavy atom. The number of methoxy groups -OCH3 is 1. The Morgan fingerprint density at radius 2 is 2.20 bits per heavy atom. The van der Waals surface area contributed by atoms with Crippen molar-refractivity contribution in [2.75, 3.05) is 13.7 Å². The molecule has 0 atom stereocenters. The van der Waals surface area contributed by atoms with Gasteiger partial charge in [0.25, 0.3) is 0 Å². The molecular formula is C11H19NO2S. The summed E-state index contributed by atoms with van der Waals surface area (Å²) < 4.78 is 5.13. The van der Waals surface area contributed by atoms with Gasteiger partial charge in [0, 0.05) is 23.6 Å². The van der Waals surface area contributed by atoms with E-state index in [1.165, 1.54) is 4.88 Å². The molecule has 2 N–H and O–H groups in total. The Balaban J connectivity index is 2.42. The van der Waals surface area contributed by atoms with Crippen LogP contribution in [-0.2, 0) is 6.54 Å². The molecule has 0 aliphatic heterocycles. The molecule has 0 bridgehead atoms. The fourth-order valence-corrected chi connectivity index (χ4v) is 2.02. The minimum Gasteiger partial charge on any atom is -0.487 e. The van der Waals surface area contributed by atoms with Crippen LogP contribution < -0.4 is 10.1 Å². The first kappa shape index (κ1) is 12.5. The van der Waals surface area contributed by atoms with Gasteiger partial charge in [-0.2, -0.15) is 0 Å². The van der Waals surface area contributed by atoms with Crippen LogP contribution in [0.15, 0.2) is 12.1 Å². The summed E-state index contributed by atoms with van der Waals surface area (Å²) in [6.07, 6.45) is 0.759. The Labute approximate surface area is 95.1 Å². The van der Waals surface area contributed by atoms with Crippen molar-refractivity contribution in [2.24, 2.45) is 0 Å². The summed E-state index contributed by atoms with van der Waals surface area (Å²) in [5.74, 6) is 0. The molecule has 0 unspecified atom stereocenters. The molecular weight excluding hydrogens is 210 g/mol. The topological polar surface area (TPSA) is 41.5 Å². The van der Waals surface area contributed by atoms with Gasteiger partial charge in [0.1, 0.15) is 0 Å². The summed E-state index contributed by atoms with van der Waals surface area (Å²) >= 11 is 1.64. The number of thiophene rings is 1. The van der Waals surface area contributed by atoms with Gasteiger partial charge in [-0.3, -0.25) is 0 Å². The van der Waals surface area contributed by atoms with Crippen LogP contribution in [0.25, 0.3) is 0 Å². The molecule has 0 spiro atoms. The summed E-state index contributed by atoms with van der Waals surface area (Å²) in [4.78, 5) is 1.25. The average molecular weight is 229 g/mol. The lowest BCUT2D eigenvalue weighted by atomic mass is 10.0. The molecule has 1 aromatic heterocycles. The van der Waals surface area contributed by atoms with E-state index in [-0.39, 0.29) is 12.1 Å². The maximum atomic E-state index is 8.88. The van der Waals surface area contributed by atoms with Crippen LogP contribution >= 0.6 is 11.3 Å². The van der Waals surface area contributed by atoms with Crippen LogP contribution in [0.4, 0.5) is 0 Å². The quantitative estimate of drug-likeness (QED) is 0.784. The fourth-order valence-electron chi connectivity index (χ4n) is 1.26. The van der Waals surface area contributed by atoms with Crippen molar-refractivity contribution in [1.82, 2.24) is 5.32 Å². The number of aliphatic hydroxyl groups is 1. The van der Waals surface area contributed by atoms with E-state index in [4.69, 9.17) is 9.84 Å². The molecule has 15 heavy (non-hydrogen) atoms. The molecule has 0 radical (unpaired) electrons. The molecule has 3 nitrogen and oxygen atoms in total. The molecule has 1 rings (SSSR count). The molecule has 4 heteroatoms. The molecule has 0 amide bonds. The Morgan fingerprint density at radius 3 is 2.73 bits per heavy atom. The van der Waals surface area contributed by atoms with E-state index in [0.717, 1.165) is 18.0 Å². The molecule has 0 aliphatic carbocycles.